The number of benzene rings is 1. The van der Waals surface area contributed by atoms with Crippen LogP contribution < -0.4 is 14.6 Å². The number of carboxylic acids is 1. The van der Waals surface area contributed by atoms with Crippen LogP contribution in [0.3, 0.4) is 0 Å². The van der Waals surface area contributed by atoms with Gasteiger partial charge in [0.15, 0.2) is 11.5 Å². The van der Waals surface area contributed by atoms with Crippen molar-refractivity contribution in [2.45, 2.75) is 19.8 Å². The van der Waals surface area contributed by atoms with Gasteiger partial charge in [-0.3, -0.25) is 9.69 Å². The maximum Gasteiger partial charge on any atom is 0.266 e. The van der Waals surface area contributed by atoms with Gasteiger partial charge in [-0.25, -0.2) is 0 Å². The molecule has 0 saturated carbocycles. The molecular formula is C17H18NO5S2-. The van der Waals surface area contributed by atoms with E-state index in [2.05, 4.69) is 0 Å². The fourth-order valence-electron chi connectivity index (χ4n) is 2.20. The Kier molecular flexibility index (Phi) is 6.83. The molecular weight excluding hydrogens is 362 g/mol. The number of hydrogen-bond acceptors (Lipinski definition) is 7. The maximum absolute atomic E-state index is 12.5. The van der Waals surface area contributed by atoms with Crippen molar-refractivity contribution in [3.8, 4) is 11.5 Å². The Morgan fingerprint density at radius 3 is 2.84 bits per heavy atom. The number of thioether (sulfide) groups is 1. The zero-order valence-corrected chi connectivity index (χ0v) is 15.6. The average molecular weight is 380 g/mol. The molecule has 1 saturated heterocycles. The summed E-state index contributed by atoms with van der Waals surface area (Å²) in [4.78, 5) is 24.8. The summed E-state index contributed by atoms with van der Waals surface area (Å²) in [7, 11) is 1.55. The van der Waals surface area contributed by atoms with E-state index in [0.717, 1.165) is 18.2 Å². The Bertz CT molecular complexity index is 717. The Hall–Kier alpha value is -2.06. The number of thiocarbonyl (C=S) groups is 1. The maximum atomic E-state index is 12.5. The van der Waals surface area contributed by atoms with Crippen molar-refractivity contribution in [2.75, 3.05) is 20.3 Å². The number of methoxy groups -OCH3 is 1. The van der Waals surface area contributed by atoms with Crippen molar-refractivity contribution in [1.29, 1.82) is 0 Å². The minimum atomic E-state index is -1.22. The lowest BCUT2D eigenvalue weighted by Crippen LogP contribution is -2.33. The van der Waals surface area contributed by atoms with Crippen molar-refractivity contribution in [1.82, 2.24) is 4.90 Å². The number of rotatable bonds is 8. The molecule has 1 amide bonds. The van der Waals surface area contributed by atoms with E-state index in [4.69, 9.17) is 21.7 Å². The molecule has 6 nitrogen and oxygen atoms in total. The van der Waals surface area contributed by atoms with Crippen LogP contribution in [0.4, 0.5) is 0 Å². The van der Waals surface area contributed by atoms with E-state index in [1.54, 1.807) is 25.3 Å². The minimum Gasteiger partial charge on any atom is -0.550 e. The van der Waals surface area contributed by atoms with Crippen LogP contribution in [-0.4, -0.2) is 41.4 Å². The van der Waals surface area contributed by atoms with Gasteiger partial charge in [0.2, 0.25) is 0 Å². The van der Waals surface area contributed by atoms with Crippen LogP contribution in [0.15, 0.2) is 23.1 Å². The second-order valence-electron chi connectivity index (χ2n) is 5.18. The molecule has 1 aliphatic rings. The molecule has 0 N–H and O–H groups in total. The van der Waals surface area contributed by atoms with E-state index < -0.39 is 5.97 Å². The van der Waals surface area contributed by atoms with E-state index in [-0.39, 0.29) is 18.9 Å². The predicted molar refractivity (Wildman–Crippen MR) is 98.3 cm³/mol. The molecule has 0 unspecified atom stereocenters. The Morgan fingerprint density at radius 1 is 1.44 bits per heavy atom. The van der Waals surface area contributed by atoms with Gasteiger partial charge >= 0.3 is 0 Å². The highest BCUT2D eigenvalue weighted by molar-refractivity contribution is 8.26. The number of para-hydroxylation sites is 1. The van der Waals surface area contributed by atoms with E-state index >= 15 is 0 Å². The van der Waals surface area contributed by atoms with Crippen LogP contribution in [0.1, 0.15) is 25.3 Å². The summed E-state index contributed by atoms with van der Waals surface area (Å²) in [5, 5.41) is 10.6. The third-order valence-electron chi connectivity index (χ3n) is 3.38. The molecule has 1 aliphatic heterocycles. The Morgan fingerprint density at radius 2 is 2.20 bits per heavy atom. The first-order chi connectivity index (χ1) is 12.0. The minimum absolute atomic E-state index is 0.00163. The molecule has 2 rings (SSSR count). The van der Waals surface area contributed by atoms with Gasteiger partial charge in [0.1, 0.15) is 4.32 Å². The van der Waals surface area contributed by atoms with Gasteiger partial charge < -0.3 is 19.4 Å². The molecule has 0 radical (unpaired) electrons. The molecule has 1 aromatic carbocycles. The molecule has 8 heteroatoms. The SMILES string of the molecule is CCCOc1c(/C=C2/SC(=S)N(CCC(=O)[O-])C2=O)cccc1OC. The lowest BCUT2D eigenvalue weighted by molar-refractivity contribution is -0.305. The topological polar surface area (TPSA) is 78.9 Å². The van der Waals surface area contributed by atoms with Crippen molar-refractivity contribution in [3.63, 3.8) is 0 Å². The summed E-state index contributed by atoms with van der Waals surface area (Å²) < 4.78 is 11.4. The zero-order valence-electron chi connectivity index (χ0n) is 13.9. The largest absolute Gasteiger partial charge is 0.550 e. The van der Waals surface area contributed by atoms with E-state index in [0.29, 0.717) is 32.9 Å². The smallest absolute Gasteiger partial charge is 0.266 e. The second kappa shape index (κ2) is 8.87. The number of aliphatic carboxylic acids is 1. The van der Waals surface area contributed by atoms with E-state index in [1.807, 2.05) is 13.0 Å². The number of carbonyl (C=O) groups excluding carboxylic acids is 2. The fraction of sp³-hybridized carbons (Fsp3) is 0.353. The van der Waals surface area contributed by atoms with Gasteiger partial charge in [-0.1, -0.05) is 43.0 Å². The summed E-state index contributed by atoms with van der Waals surface area (Å²) in [6.07, 6.45) is 2.26. The first-order valence-electron chi connectivity index (χ1n) is 7.73. The molecule has 0 spiro atoms. The zero-order chi connectivity index (χ0) is 18.4. The fourth-order valence-corrected chi connectivity index (χ4v) is 3.50. The van der Waals surface area contributed by atoms with Crippen LogP contribution in [0.2, 0.25) is 0 Å². The lowest BCUT2D eigenvalue weighted by Gasteiger charge is -2.14. The van der Waals surface area contributed by atoms with Crippen LogP contribution in [0, 0.1) is 0 Å². The standard InChI is InChI=1S/C17H19NO5S2/c1-3-9-23-15-11(5-4-6-12(15)22-2)10-13-16(21)18(17(24)25-13)8-7-14(19)20/h4-6,10H,3,7-9H2,1-2H3,(H,19,20)/p-1/b13-10+. The lowest BCUT2D eigenvalue weighted by atomic mass is 10.1. The number of amides is 1. The second-order valence-corrected chi connectivity index (χ2v) is 6.86. The third kappa shape index (κ3) is 4.73. The van der Waals surface area contributed by atoms with Crippen molar-refractivity contribution in [2.24, 2.45) is 0 Å². The normalized spacial score (nSPS) is 15.8. The molecule has 0 atom stereocenters. The molecule has 0 aromatic heterocycles. The average Bonchev–Trinajstić information content (AvgIpc) is 2.85. The highest BCUT2D eigenvalue weighted by Crippen LogP contribution is 2.37. The molecule has 1 fully saturated rings. The summed E-state index contributed by atoms with van der Waals surface area (Å²) in [5.41, 5.74) is 0.702. The summed E-state index contributed by atoms with van der Waals surface area (Å²) in [5.74, 6) is -0.400. The van der Waals surface area contributed by atoms with Gasteiger partial charge in [0, 0.05) is 24.5 Å². The van der Waals surface area contributed by atoms with Gasteiger partial charge in [-0.2, -0.15) is 0 Å². The quantitative estimate of drug-likeness (QED) is 0.503. The molecule has 1 aromatic rings. The van der Waals surface area contributed by atoms with Crippen LogP contribution in [0.25, 0.3) is 6.08 Å². The highest BCUT2D eigenvalue weighted by Gasteiger charge is 2.32. The number of carboxylic acid groups (broad SMARTS) is 1. The van der Waals surface area contributed by atoms with Gasteiger partial charge in [0.25, 0.3) is 5.91 Å². The molecule has 0 bridgehead atoms. The summed E-state index contributed by atoms with van der Waals surface area (Å²) >= 11 is 6.31. The van der Waals surface area contributed by atoms with Crippen molar-refractivity contribution >= 4 is 46.3 Å². The summed E-state index contributed by atoms with van der Waals surface area (Å²) in [6, 6.07) is 5.41. The first kappa shape index (κ1) is 19.3. The van der Waals surface area contributed by atoms with Gasteiger partial charge in [-0.15, -0.1) is 0 Å². The van der Waals surface area contributed by atoms with Gasteiger partial charge in [0.05, 0.1) is 18.6 Å². The monoisotopic (exact) mass is 380 g/mol. The first-order valence-corrected chi connectivity index (χ1v) is 8.95. The molecule has 25 heavy (non-hydrogen) atoms. The third-order valence-corrected chi connectivity index (χ3v) is 4.76. The summed E-state index contributed by atoms with van der Waals surface area (Å²) in [6.45, 7) is 2.52. The Balaban J connectivity index is 2.29. The molecule has 134 valence electrons. The number of nitrogens with zero attached hydrogens (tertiary/aromatic N) is 1. The Labute approximate surface area is 155 Å². The highest BCUT2D eigenvalue weighted by atomic mass is 32.2. The van der Waals surface area contributed by atoms with Crippen LogP contribution >= 0.6 is 24.0 Å². The predicted octanol–water partition coefficient (Wildman–Crippen LogP) is 1.83. The van der Waals surface area contributed by atoms with Gasteiger partial charge in [-0.05, 0) is 18.6 Å². The van der Waals surface area contributed by atoms with Crippen LogP contribution in [-0.2, 0) is 9.59 Å². The number of hydrogen-bond donors (Lipinski definition) is 0. The number of ether oxygens (including phenoxy) is 2. The molecule has 0 aliphatic carbocycles. The molecule has 1 heterocycles. The van der Waals surface area contributed by atoms with E-state index in [1.165, 1.54) is 4.90 Å². The van der Waals surface area contributed by atoms with E-state index in [9.17, 15) is 14.7 Å². The van der Waals surface area contributed by atoms with Crippen molar-refractivity contribution in [3.05, 3.63) is 28.7 Å². The van der Waals surface area contributed by atoms with Crippen LogP contribution in [0.5, 0.6) is 11.5 Å². The van der Waals surface area contributed by atoms with Crippen molar-refractivity contribution < 1.29 is 24.2 Å². The number of carbonyl (C=O) groups is 2.